The van der Waals surface area contributed by atoms with Crippen LogP contribution in [0.3, 0.4) is 0 Å². The Bertz CT molecular complexity index is 2630. The van der Waals surface area contributed by atoms with Crippen molar-refractivity contribution in [3.8, 4) is 22.6 Å². The minimum Gasteiger partial charge on any atom is -0.495 e. The highest BCUT2D eigenvalue weighted by Crippen LogP contribution is 2.33. The quantitative estimate of drug-likeness (QED) is 0.129. The number of aromatic nitrogens is 2. The molecule has 0 spiro atoms. The number of aryl methyl sites for hydroxylation is 2. The average molecular weight is 820 g/mol. The van der Waals surface area contributed by atoms with Gasteiger partial charge in [0.05, 0.1) is 25.0 Å². The number of sulfonamides is 2. The molecule has 0 fully saturated rings. The monoisotopic (exact) mass is 818 g/mol. The first-order valence-corrected chi connectivity index (χ1v) is 20.1. The maximum absolute atomic E-state index is 13.0. The summed E-state index contributed by atoms with van der Waals surface area (Å²) in [7, 11) is -4.90. The molecule has 7 aromatic rings. The minimum absolute atomic E-state index is 0.0661. The Morgan fingerprint density at radius 1 is 0.604 bits per heavy atom. The molecule has 5 aromatic carbocycles. The van der Waals surface area contributed by atoms with Crippen molar-refractivity contribution in [1.82, 2.24) is 10.3 Å². The van der Waals surface area contributed by atoms with E-state index < -0.39 is 20.0 Å². The van der Waals surface area contributed by atoms with Crippen LogP contribution in [0.15, 0.2) is 126 Å². The predicted octanol–water partition coefficient (Wildman–Crippen LogP) is 8.83. The summed E-state index contributed by atoms with van der Waals surface area (Å²) in [4.78, 5) is 0.133. The molecular formula is C38H35BrN4O8S2. The van der Waals surface area contributed by atoms with Gasteiger partial charge in [-0.2, -0.15) is 0 Å². The van der Waals surface area contributed by atoms with E-state index in [1.807, 2.05) is 68.4 Å². The van der Waals surface area contributed by atoms with Gasteiger partial charge in [-0.05, 0) is 89.7 Å². The molecule has 0 bridgehead atoms. The fourth-order valence-corrected chi connectivity index (χ4v) is 8.28. The van der Waals surface area contributed by atoms with Crippen LogP contribution in [0.1, 0.15) is 25.0 Å². The molecule has 2 N–H and O–H groups in total. The van der Waals surface area contributed by atoms with Gasteiger partial charge in [0.1, 0.15) is 21.3 Å². The van der Waals surface area contributed by atoms with E-state index in [9.17, 15) is 16.8 Å². The maximum Gasteiger partial charge on any atom is 0.266 e. The van der Waals surface area contributed by atoms with Crippen molar-refractivity contribution in [2.45, 2.75) is 36.5 Å². The van der Waals surface area contributed by atoms with Crippen molar-refractivity contribution >= 4 is 69.6 Å². The molecule has 0 aliphatic heterocycles. The molecule has 15 heteroatoms. The minimum atomic E-state index is -3.91. The van der Waals surface area contributed by atoms with Crippen molar-refractivity contribution in [3.05, 3.63) is 119 Å². The van der Waals surface area contributed by atoms with Crippen molar-refractivity contribution in [2.24, 2.45) is 0 Å². The topological polar surface area (TPSA) is 163 Å². The molecule has 7 rings (SSSR count). The highest BCUT2D eigenvalue weighted by Gasteiger charge is 2.24. The van der Waals surface area contributed by atoms with Gasteiger partial charge in [0, 0.05) is 4.47 Å². The van der Waals surface area contributed by atoms with Gasteiger partial charge >= 0.3 is 0 Å². The Morgan fingerprint density at radius 2 is 1.09 bits per heavy atom. The summed E-state index contributed by atoms with van der Waals surface area (Å²) in [5.74, 6) is 0.828. The summed E-state index contributed by atoms with van der Waals surface area (Å²) < 4.78 is 78.4. The van der Waals surface area contributed by atoms with Crippen LogP contribution in [0.2, 0.25) is 0 Å². The number of anilines is 2. The Labute approximate surface area is 315 Å². The maximum atomic E-state index is 13.0. The standard InChI is InChI=1S/C22H20N2O4S.C16H15BrN2O4S/c1-3-15-9-12-19(27-2)21(13-15)29(25,26)24-22-18-11-10-17(14-20(18)28-23-22)16-7-5-4-6-8-16;1-3-10-4-7-13(22-2)15(8-10)24(20,21)19-16-12-6-5-11(17)9-14(12)23-18-16/h4-14H,3H2,1-2H3,(H,23,24);4-9H,3H2,1-2H3,(H,18,19). The Kier molecular flexibility index (Phi) is 11.1. The molecule has 2 aromatic heterocycles. The third kappa shape index (κ3) is 8.16. The lowest BCUT2D eigenvalue weighted by Crippen LogP contribution is -2.15. The molecule has 53 heavy (non-hydrogen) atoms. The van der Waals surface area contributed by atoms with Gasteiger partial charge in [0.25, 0.3) is 20.0 Å². The number of rotatable bonds is 11. The number of halogens is 1. The van der Waals surface area contributed by atoms with Crippen LogP contribution in [0.5, 0.6) is 11.5 Å². The first-order chi connectivity index (χ1) is 25.5. The smallest absolute Gasteiger partial charge is 0.266 e. The van der Waals surface area contributed by atoms with Gasteiger partial charge in [0.2, 0.25) is 0 Å². The van der Waals surface area contributed by atoms with Gasteiger partial charge in [-0.15, -0.1) is 0 Å². The molecule has 0 saturated carbocycles. The Balaban J connectivity index is 0.000000185. The summed E-state index contributed by atoms with van der Waals surface area (Å²) in [6, 6.07) is 30.8. The van der Waals surface area contributed by atoms with Gasteiger partial charge in [-0.25, -0.2) is 16.8 Å². The van der Waals surface area contributed by atoms with Crippen LogP contribution in [0, 0.1) is 0 Å². The number of hydrogen-bond donors (Lipinski definition) is 2. The van der Waals surface area contributed by atoms with E-state index in [0.717, 1.165) is 26.7 Å². The van der Waals surface area contributed by atoms with Crippen LogP contribution in [0.4, 0.5) is 11.6 Å². The Morgan fingerprint density at radius 3 is 1.58 bits per heavy atom. The van der Waals surface area contributed by atoms with E-state index in [-0.39, 0.29) is 32.9 Å². The van der Waals surface area contributed by atoms with E-state index in [1.54, 1.807) is 48.5 Å². The fraction of sp³-hybridized carbons (Fsp3) is 0.158. The van der Waals surface area contributed by atoms with E-state index >= 15 is 0 Å². The third-order valence-corrected chi connectivity index (χ3v) is 11.5. The van der Waals surface area contributed by atoms with Crippen molar-refractivity contribution in [3.63, 3.8) is 0 Å². The number of nitrogens with zero attached hydrogens (tertiary/aromatic N) is 2. The van der Waals surface area contributed by atoms with Crippen LogP contribution < -0.4 is 18.9 Å². The number of ether oxygens (including phenoxy) is 2. The zero-order valence-electron chi connectivity index (χ0n) is 29.1. The van der Waals surface area contributed by atoms with Crippen LogP contribution in [0.25, 0.3) is 33.1 Å². The zero-order chi connectivity index (χ0) is 37.8. The van der Waals surface area contributed by atoms with Gasteiger partial charge in [-0.1, -0.05) is 88.6 Å². The lowest BCUT2D eigenvalue weighted by Gasteiger charge is -2.11. The number of nitrogens with one attached hydrogen (secondary N) is 2. The molecule has 12 nitrogen and oxygen atoms in total. The molecule has 0 aliphatic rings. The molecule has 2 heterocycles. The highest BCUT2D eigenvalue weighted by molar-refractivity contribution is 9.10. The lowest BCUT2D eigenvalue weighted by atomic mass is 10.0. The third-order valence-electron chi connectivity index (χ3n) is 8.33. The molecule has 0 amide bonds. The van der Waals surface area contributed by atoms with Crippen LogP contribution >= 0.6 is 15.9 Å². The number of methoxy groups -OCH3 is 2. The van der Waals surface area contributed by atoms with Gasteiger partial charge in [-0.3, -0.25) is 9.44 Å². The van der Waals surface area contributed by atoms with Gasteiger partial charge < -0.3 is 18.5 Å². The summed E-state index contributed by atoms with van der Waals surface area (Å²) in [6.07, 6.45) is 1.43. The summed E-state index contributed by atoms with van der Waals surface area (Å²) in [5.41, 5.74) is 4.76. The predicted molar refractivity (Wildman–Crippen MR) is 208 cm³/mol. The normalized spacial score (nSPS) is 11.6. The highest BCUT2D eigenvalue weighted by atomic mass is 79.9. The first-order valence-electron chi connectivity index (χ1n) is 16.4. The van der Waals surface area contributed by atoms with Crippen LogP contribution in [-0.4, -0.2) is 41.4 Å². The zero-order valence-corrected chi connectivity index (χ0v) is 32.3. The second-order valence-electron chi connectivity index (χ2n) is 11.7. The second kappa shape index (κ2) is 15.7. The fourth-order valence-electron chi connectivity index (χ4n) is 5.47. The molecule has 274 valence electrons. The second-order valence-corrected chi connectivity index (χ2v) is 15.9. The van der Waals surface area contributed by atoms with Crippen molar-refractivity contribution < 1.29 is 35.4 Å². The molecule has 0 radical (unpaired) electrons. The lowest BCUT2D eigenvalue weighted by molar-refractivity contribution is 0.402. The van der Waals surface area contributed by atoms with E-state index in [2.05, 4.69) is 35.7 Å². The molecule has 0 saturated heterocycles. The number of fused-ring (bicyclic) bond motifs is 2. The van der Waals surface area contributed by atoms with Crippen molar-refractivity contribution in [1.29, 1.82) is 0 Å². The largest absolute Gasteiger partial charge is 0.495 e. The van der Waals surface area contributed by atoms with E-state index in [0.29, 0.717) is 34.8 Å². The van der Waals surface area contributed by atoms with E-state index in [4.69, 9.17) is 18.5 Å². The number of benzene rings is 5. The van der Waals surface area contributed by atoms with E-state index in [1.165, 1.54) is 14.2 Å². The Hall–Kier alpha value is -5.38. The van der Waals surface area contributed by atoms with Gasteiger partial charge in [0.15, 0.2) is 22.8 Å². The average Bonchev–Trinajstić information content (AvgIpc) is 3.76. The SMILES string of the molecule is CCc1ccc(OC)c(S(=O)(=O)Nc2noc3cc(-c4ccccc4)ccc23)c1.CCc1ccc(OC)c(S(=O)(=O)Nc2noc3cc(Br)ccc23)c1. The molecule has 0 atom stereocenters. The first kappa shape index (κ1) is 37.4. The molecule has 0 unspecified atom stereocenters. The summed E-state index contributed by atoms with van der Waals surface area (Å²) >= 11 is 3.33. The molecular weight excluding hydrogens is 784 g/mol. The van der Waals surface area contributed by atoms with Crippen LogP contribution in [-0.2, 0) is 32.9 Å². The summed E-state index contributed by atoms with van der Waals surface area (Å²) in [6.45, 7) is 3.91. The number of hydrogen-bond acceptors (Lipinski definition) is 10. The molecule has 0 aliphatic carbocycles. The van der Waals surface area contributed by atoms with Crippen molar-refractivity contribution in [2.75, 3.05) is 23.7 Å². The summed E-state index contributed by atoms with van der Waals surface area (Å²) in [5, 5.41) is 8.91.